The topological polar surface area (TPSA) is 103 Å². The van der Waals surface area contributed by atoms with Gasteiger partial charge in [0.1, 0.15) is 5.44 Å². The van der Waals surface area contributed by atoms with Gasteiger partial charge >= 0.3 is 0 Å². The van der Waals surface area contributed by atoms with Crippen molar-refractivity contribution < 1.29 is 13.7 Å². The monoisotopic (exact) mass is 1820 g/mol. The summed E-state index contributed by atoms with van der Waals surface area (Å²) in [4.78, 5) is 21.7. The van der Waals surface area contributed by atoms with Crippen LogP contribution in [-0.4, -0.2) is 19.9 Å². The Hall–Kier alpha value is -16.8. The van der Waals surface area contributed by atoms with Gasteiger partial charge in [-0.3, -0.25) is 0 Å². The van der Waals surface area contributed by atoms with Gasteiger partial charge in [-0.2, -0.15) is 0 Å². The molecule has 0 radical (unpaired) electrons. The average molecular weight is 1820 g/mol. The Labute approximate surface area is 796 Å². The molecule has 7 nitrogen and oxygen atoms in total. The Morgan fingerprint density at radius 3 is 0.754 bits per heavy atom. The summed E-state index contributed by atoms with van der Waals surface area (Å²) in [5, 5.41) is 38.0. The molecule has 0 unspecified atom stereocenters. The SMILES string of the molecule is O=P(c1ccccc1)(c1ccccc1)c1ccc(-c2nc3c4ccccc4c4ccccc4c3c3c2ccc2ccccc23)cc1.O=P(c1ccccc1)(c1ccccc1)c1cccc(-c2nc3c4ccccc4c4ccccc4c3c3c2ccc2ccccc23)c1.O=P(c1ccccc1)(c1ccccc1)c1cccc(-c2nc3c4ccccc4c4ccccc4c3c3c2ccc2ccccc23)n1. The van der Waals surface area contributed by atoms with E-state index in [4.69, 9.17) is 19.9 Å². The maximum atomic E-state index is 15.4. The summed E-state index contributed by atoms with van der Waals surface area (Å²) in [5.41, 5.74) is 8.70. The summed E-state index contributed by atoms with van der Waals surface area (Å²) in [6.45, 7) is 0. The van der Waals surface area contributed by atoms with Gasteiger partial charge in [-0.25, -0.2) is 19.9 Å². The molecule has 0 amide bonds. The maximum absolute atomic E-state index is 15.4. The van der Waals surface area contributed by atoms with Crippen LogP contribution in [0.1, 0.15) is 0 Å². The molecule has 0 saturated carbocycles. The Morgan fingerprint density at radius 2 is 0.399 bits per heavy atom. The Kier molecular flexibility index (Phi) is 20.7. The highest BCUT2D eigenvalue weighted by Gasteiger charge is 2.35. The average Bonchev–Trinajstić information content (AvgIpc) is 0.714. The van der Waals surface area contributed by atoms with Crippen LogP contribution in [0.5, 0.6) is 0 Å². The van der Waals surface area contributed by atoms with Crippen molar-refractivity contribution >= 4 is 231 Å². The molecule has 0 aliphatic rings. The number of pyridine rings is 4. The standard InChI is InChI=1S/2C43H28NOP.C42H27N2OP/c45-46(31-16-3-1-4-17-31,32-18-5-2-6-19-32)33-20-13-15-30(28-33)42-39-27-26-29-14-7-8-21-34(29)40(39)41-37-24-11-9-22-35(37)36-23-10-12-25-38(36)43(41)44-42;45-46(31-14-3-1-4-15-31,32-16-5-2-6-17-32)33-26-23-30(24-27-33)42-39-28-25-29-13-7-8-18-34(29)40(39)41-37-21-11-9-19-35(37)36-20-10-12-22-38(36)43(41)44-42;45-46(29-15-3-1-4-16-29,30-17-5-2-6-18-30)38-25-13-24-37(43-38)41-36-27-26-28-14-7-8-19-31(28)39(36)40-34-22-11-9-20-32(34)33-21-10-12-23-35(33)42(40)44-41/h2*1-28H;1-27H. The predicted octanol–water partition coefficient (Wildman–Crippen LogP) is 29.9. The van der Waals surface area contributed by atoms with Crippen LogP contribution in [0, 0.1) is 0 Å². The van der Waals surface area contributed by atoms with Crippen molar-refractivity contribution in [1.82, 2.24) is 19.9 Å². The van der Waals surface area contributed by atoms with Crippen molar-refractivity contribution in [2.45, 2.75) is 0 Å². The van der Waals surface area contributed by atoms with Gasteiger partial charge in [-0.15, -0.1) is 0 Å². The van der Waals surface area contributed by atoms with Crippen molar-refractivity contribution in [2.24, 2.45) is 0 Å². The number of nitrogens with zero attached hydrogens (tertiary/aromatic N) is 4. The van der Waals surface area contributed by atoms with Crippen LogP contribution in [0.4, 0.5) is 0 Å². The molecule has 0 bridgehead atoms. The third kappa shape index (κ3) is 13.7. The highest BCUT2D eigenvalue weighted by Crippen LogP contribution is 2.52. The predicted molar refractivity (Wildman–Crippen MR) is 588 cm³/mol. The molecule has 27 aromatic rings. The second-order valence-electron chi connectivity index (χ2n) is 35.3. The second-order valence-corrected chi connectivity index (χ2v) is 43.5. The number of aromatic nitrogens is 4. The molecule has 10 heteroatoms. The fraction of sp³-hybridized carbons (Fsp3) is 0. The van der Waals surface area contributed by atoms with Crippen molar-refractivity contribution in [3.8, 4) is 33.9 Å². The second kappa shape index (κ2) is 34.3. The molecule has 648 valence electrons. The van der Waals surface area contributed by atoms with Crippen LogP contribution in [0.2, 0.25) is 0 Å². The van der Waals surface area contributed by atoms with Crippen LogP contribution in [-0.2, 0) is 13.7 Å². The van der Waals surface area contributed by atoms with E-state index in [1.54, 1.807) is 0 Å². The molecule has 0 spiro atoms. The van der Waals surface area contributed by atoms with Gasteiger partial charge in [0.25, 0.3) is 0 Å². The van der Waals surface area contributed by atoms with Gasteiger partial charge in [-0.05, 0) is 99.0 Å². The molecule has 0 atom stereocenters. The molecule has 0 N–H and O–H groups in total. The van der Waals surface area contributed by atoms with Gasteiger partial charge < -0.3 is 13.7 Å². The van der Waals surface area contributed by atoms with E-state index in [0.29, 0.717) is 11.1 Å². The third-order valence-electron chi connectivity index (χ3n) is 27.7. The van der Waals surface area contributed by atoms with Crippen LogP contribution in [0.25, 0.3) is 196 Å². The Bertz CT molecular complexity index is 9240. The first-order valence-electron chi connectivity index (χ1n) is 46.6. The Morgan fingerprint density at radius 1 is 0.145 bits per heavy atom. The van der Waals surface area contributed by atoms with E-state index in [0.717, 1.165) is 130 Å². The zero-order valence-corrected chi connectivity index (χ0v) is 77.5. The molecular formula is C128H83N4O3P3. The van der Waals surface area contributed by atoms with Crippen LogP contribution in [0.3, 0.4) is 0 Å². The molecule has 0 saturated heterocycles. The number of benzene rings is 23. The quantitative estimate of drug-likeness (QED) is 0.0887. The summed E-state index contributed by atoms with van der Waals surface area (Å²) < 4.78 is 45.7. The van der Waals surface area contributed by atoms with Gasteiger partial charge in [-0.1, -0.05) is 485 Å². The van der Waals surface area contributed by atoms with Crippen LogP contribution >= 0.6 is 21.4 Å². The van der Waals surface area contributed by atoms with Gasteiger partial charge in [0.2, 0.25) is 0 Å². The molecule has 23 aromatic carbocycles. The lowest BCUT2D eigenvalue weighted by molar-refractivity contribution is 0.591. The Balaban J connectivity index is 0.000000110. The van der Waals surface area contributed by atoms with Crippen molar-refractivity contribution in [1.29, 1.82) is 0 Å². The van der Waals surface area contributed by atoms with E-state index in [1.807, 2.05) is 224 Å². The number of hydrogen-bond donors (Lipinski definition) is 0. The van der Waals surface area contributed by atoms with E-state index in [-0.39, 0.29) is 0 Å². The zero-order valence-electron chi connectivity index (χ0n) is 74.8. The lowest BCUT2D eigenvalue weighted by Crippen LogP contribution is -2.27. The summed E-state index contributed by atoms with van der Waals surface area (Å²) in [7, 11) is -9.54. The minimum Gasteiger partial charge on any atom is -0.309 e. The van der Waals surface area contributed by atoms with Gasteiger partial charge in [0.05, 0.1) is 39.3 Å². The molecule has 0 aliphatic heterocycles. The lowest BCUT2D eigenvalue weighted by Gasteiger charge is -2.21. The molecule has 0 aliphatic carbocycles. The minimum atomic E-state index is -3.28. The van der Waals surface area contributed by atoms with Crippen molar-refractivity contribution in [3.63, 3.8) is 0 Å². The number of fused-ring (bicyclic) bond motifs is 30. The summed E-state index contributed by atoms with van der Waals surface area (Å²) in [6.07, 6.45) is 0. The van der Waals surface area contributed by atoms with Crippen molar-refractivity contribution in [2.75, 3.05) is 0 Å². The summed E-state index contributed by atoms with van der Waals surface area (Å²) in [5.74, 6) is 0. The highest BCUT2D eigenvalue weighted by molar-refractivity contribution is 7.86. The first-order chi connectivity index (χ1) is 68.1. The van der Waals surface area contributed by atoms with Gasteiger partial charge in [0, 0.05) is 118 Å². The number of hydrogen-bond acceptors (Lipinski definition) is 7. The van der Waals surface area contributed by atoms with Gasteiger partial charge in [0.15, 0.2) is 21.4 Å². The summed E-state index contributed by atoms with van der Waals surface area (Å²) in [6, 6.07) is 172. The largest absolute Gasteiger partial charge is 0.309 e. The van der Waals surface area contributed by atoms with E-state index in [2.05, 4.69) is 279 Å². The normalized spacial score (nSPS) is 12.0. The van der Waals surface area contributed by atoms with E-state index >= 15 is 13.7 Å². The molecule has 27 rings (SSSR count). The van der Waals surface area contributed by atoms with Crippen LogP contribution < -0.4 is 47.9 Å². The smallest absolute Gasteiger partial charge is 0.188 e. The molecule has 0 fully saturated rings. The number of rotatable bonds is 12. The van der Waals surface area contributed by atoms with Crippen LogP contribution in [0.15, 0.2) is 504 Å². The fourth-order valence-electron chi connectivity index (χ4n) is 21.4. The lowest BCUT2D eigenvalue weighted by atomic mass is 9.90. The van der Waals surface area contributed by atoms with Crippen molar-refractivity contribution in [3.05, 3.63) is 504 Å². The molecule has 4 heterocycles. The fourth-order valence-corrected chi connectivity index (χ4v) is 29.3. The first-order valence-corrected chi connectivity index (χ1v) is 51.7. The third-order valence-corrected chi connectivity index (χ3v) is 36.8. The molecular weight excluding hydrogens is 1730 g/mol. The zero-order chi connectivity index (χ0) is 92.0. The molecule has 4 aromatic heterocycles. The van der Waals surface area contributed by atoms with E-state index in [9.17, 15) is 0 Å². The minimum absolute atomic E-state index is 0.543. The maximum Gasteiger partial charge on any atom is 0.188 e. The van der Waals surface area contributed by atoms with E-state index in [1.165, 1.54) is 102 Å². The first kappa shape index (κ1) is 83.1. The highest BCUT2D eigenvalue weighted by atomic mass is 31.2. The summed E-state index contributed by atoms with van der Waals surface area (Å²) >= 11 is 0. The molecule has 138 heavy (non-hydrogen) atoms. The van der Waals surface area contributed by atoms with E-state index < -0.39 is 21.4 Å².